The number of hydrogen-bond donors (Lipinski definition) is 1. The van der Waals surface area contributed by atoms with Crippen molar-refractivity contribution in [2.45, 2.75) is 38.8 Å². The number of fused-ring (bicyclic) bond motifs is 1. The second-order valence-corrected chi connectivity index (χ2v) is 5.30. The van der Waals surface area contributed by atoms with Crippen LogP contribution in [0.1, 0.15) is 36.1 Å². The molecule has 4 heteroatoms. The van der Waals surface area contributed by atoms with E-state index in [0.717, 1.165) is 26.2 Å². The van der Waals surface area contributed by atoms with Crippen LogP contribution < -0.4 is 5.32 Å². The maximum atomic E-state index is 4.85. The molecule has 1 saturated heterocycles. The summed E-state index contributed by atoms with van der Waals surface area (Å²) in [6, 6.07) is 0.469. The highest BCUT2D eigenvalue weighted by molar-refractivity contribution is 5.23. The van der Waals surface area contributed by atoms with Gasteiger partial charge in [-0.2, -0.15) is 0 Å². The fourth-order valence-electron chi connectivity index (χ4n) is 3.13. The molecule has 0 amide bonds. The van der Waals surface area contributed by atoms with Crippen LogP contribution in [0.15, 0.2) is 0 Å². The number of rotatable bonds is 1. The standard InChI is InChI=1S/C13H22N4/c1-10-15-13(11-5-3-4-7-17(10)11)12-9-14-6-8-16(12)2/h12,14H,3-9H2,1-2H3. The van der Waals surface area contributed by atoms with Crippen molar-refractivity contribution in [3.05, 3.63) is 17.2 Å². The molecule has 0 aliphatic carbocycles. The molecular formula is C13H22N4. The predicted octanol–water partition coefficient (Wildman–Crippen LogP) is 1.10. The number of piperazine rings is 1. The van der Waals surface area contributed by atoms with Crippen molar-refractivity contribution in [2.24, 2.45) is 0 Å². The van der Waals surface area contributed by atoms with E-state index in [1.165, 1.54) is 36.5 Å². The number of aryl methyl sites for hydroxylation is 1. The SMILES string of the molecule is Cc1nc(C2CNCCN2C)c2n1CCCC2. The monoisotopic (exact) mass is 234 g/mol. The molecule has 17 heavy (non-hydrogen) atoms. The Hall–Kier alpha value is -0.870. The van der Waals surface area contributed by atoms with E-state index < -0.39 is 0 Å². The number of nitrogens with zero attached hydrogens (tertiary/aromatic N) is 3. The zero-order valence-electron chi connectivity index (χ0n) is 10.9. The second-order valence-electron chi connectivity index (χ2n) is 5.30. The summed E-state index contributed by atoms with van der Waals surface area (Å²) in [4.78, 5) is 7.29. The maximum absolute atomic E-state index is 4.85. The van der Waals surface area contributed by atoms with Crippen molar-refractivity contribution >= 4 is 0 Å². The van der Waals surface area contributed by atoms with Gasteiger partial charge in [0, 0.05) is 31.9 Å². The summed E-state index contributed by atoms with van der Waals surface area (Å²) in [5.74, 6) is 1.20. The Morgan fingerprint density at radius 2 is 2.18 bits per heavy atom. The van der Waals surface area contributed by atoms with E-state index in [1.54, 1.807) is 0 Å². The van der Waals surface area contributed by atoms with Crippen molar-refractivity contribution in [1.29, 1.82) is 0 Å². The highest BCUT2D eigenvalue weighted by Crippen LogP contribution is 2.28. The first-order valence-corrected chi connectivity index (χ1v) is 6.74. The molecule has 0 spiro atoms. The Kier molecular flexibility index (Phi) is 2.92. The number of aromatic nitrogens is 2. The minimum absolute atomic E-state index is 0.469. The predicted molar refractivity (Wildman–Crippen MR) is 68.1 cm³/mol. The lowest BCUT2D eigenvalue weighted by Gasteiger charge is -2.33. The van der Waals surface area contributed by atoms with Crippen LogP contribution >= 0.6 is 0 Å². The van der Waals surface area contributed by atoms with Crippen LogP contribution in [-0.4, -0.2) is 41.1 Å². The Balaban J connectivity index is 1.96. The van der Waals surface area contributed by atoms with Gasteiger partial charge in [-0.25, -0.2) is 4.98 Å². The molecule has 3 rings (SSSR count). The molecule has 1 unspecified atom stereocenters. The third-order valence-corrected chi connectivity index (χ3v) is 4.17. The number of imidazole rings is 1. The average molecular weight is 234 g/mol. The van der Waals surface area contributed by atoms with Crippen LogP contribution in [0.3, 0.4) is 0 Å². The van der Waals surface area contributed by atoms with Gasteiger partial charge in [0.1, 0.15) is 5.82 Å². The summed E-state index contributed by atoms with van der Waals surface area (Å²) < 4.78 is 2.43. The minimum Gasteiger partial charge on any atom is -0.332 e. The Labute approximate surface area is 103 Å². The molecule has 1 aromatic heterocycles. The zero-order chi connectivity index (χ0) is 11.8. The Morgan fingerprint density at radius 3 is 3.00 bits per heavy atom. The maximum Gasteiger partial charge on any atom is 0.106 e. The molecule has 94 valence electrons. The van der Waals surface area contributed by atoms with E-state index in [-0.39, 0.29) is 0 Å². The summed E-state index contributed by atoms with van der Waals surface area (Å²) in [6.45, 7) is 6.57. The number of likely N-dealkylation sites (N-methyl/N-ethyl adjacent to an activating group) is 1. The smallest absolute Gasteiger partial charge is 0.106 e. The molecule has 1 fully saturated rings. The van der Waals surface area contributed by atoms with Gasteiger partial charge in [0.2, 0.25) is 0 Å². The minimum atomic E-state index is 0.469. The fraction of sp³-hybridized carbons (Fsp3) is 0.769. The van der Waals surface area contributed by atoms with Crippen LogP contribution in [0.2, 0.25) is 0 Å². The van der Waals surface area contributed by atoms with Crippen LogP contribution in [0, 0.1) is 6.92 Å². The quantitative estimate of drug-likeness (QED) is 0.790. The molecule has 4 nitrogen and oxygen atoms in total. The molecule has 1 atom stereocenters. The third-order valence-electron chi connectivity index (χ3n) is 4.17. The lowest BCUT2D eigenvalue weighted by Crippen LogP contribution is -2.44. The molecule has 1 N–H and O–H groups in total. The number of nitrogens with one attached hydrogen (secondary N) is 1. The van der Waals surface area contributed by atoms with Crippen LogP contribution in [-0.2, 0) is 13.0 Å². The normalized spacial score (nSPS) is 25.9. The molecule has 0 radical (unpaired) electrons. The first-order chi connectivity index (χ1) is 8.27. The van der Waals surface area contributed by atoms with Crippen molar-refractivity contribution in [3.63, 3.8) is 0 Å². The molecule has 3 heterocycles. The largest absolute Gasteiger partial charge is 0.332 e. The van der Waals surface area contributed by atoms with E-state index in [2.05, 4.69) is 28.8 Å². The van der Waals surface area contributed by atoms with Crippen molar-refractivity contribution in [1.82, 2.24) is 19.8 Å². The van der Waals surface area contributed by atoms with Gasteiger partial charge in [0.15, 0.2) is 0 Å². The highest BCUT2D eigenvalue weighted by Gasteiger charge is 2.28. The van der Waals surface area contributed by atoms with Gasteiger partial charge >= 0.3 is 0 Å². The summed E-state index contributed by atoms with van der Waals surface area (Å²) in [5, 5.41) is 3.49. The number of hydrogen-bond acceptors (Lipinski definition) is 3. The molecule has 0 saturated carbocycles. The molecular weight excluding hydrogens is 212 g/mol. The van der Waals surface area contributed by atoms with Gasteiger partial charge in [-0.15, -0.1) is 0 Å². The summed E-state index contributed by atoms with van der Waals surface area (Å²) in [5.41, 5.74) is 2.83. The molecule has 1 aromatic rings. The van der Waals surface area contributed by atoms with Gasteiger partial charge in [-0.3, -0.25) is 4.90 Å². The zero-order valence-corrected chi connectivity index (χ0v) is 10.9. The lowest BCUT2D eigenvalue weighted by molar-refractivity contribution is 0.197. The van der Waals surface area contributed by atoms with E-state index in [4.69, 9.17) is 4.98 Å². The van der Waals surface area contributed by atoms with Crippen LogP contribution in [0.25, 0.3) is 0 Å². The van der Waals surface area contributed by atoms with Gasteiger partial charge in [0.25, 0.3) is 0 Å². The van der Waals surface area contributed by atoms with E-state index >= 15 is 0 Å². The van der Waals surface area contributed by atoms with E-state index in [9.17, 15) is 0 Å². The van der Waals surface area contributed by atoms with Gasteiger partial charge in [-0.1, -0.05) is 0 Å². The molecule has 0 bridgehead atoms. The van der Waals surface area contributed by atoms with Gasteiger partial charge in [-0.05, 0) is 33.2 Å². The Bertz CT molecular complexity index is 410. The third kappa shape index (κ3) is 1.89. The van der Waals surface area contributed by atoms with Crippen molar-refractivity contribution < 1.29 is 0 Å². The summed E-state index contributed by atoms with van der Waals surface area (Å²) in [7, 11) is 2.22. The fourth-order valence-corrected chi connectivity index (χ4v) is 3.13. The second kappa shape index (κ2) is 4.42. The summed E-state index contributed by atoms with van der Waals surface area (Å²) >= 11 is 0. The molecule has 2 aliphatic rings. The first-order valence-electron chi connectivity index (χ1n) is 6.74. The van der Waals surface area contributed by atoms with Gasteiger partial charge < -0.3 is 9.88 Å². The van der Waals surface area contributed by atoms with Crippen LogP contribution in [0.5, 0.6) is 0 Å². The molecule has 2 aliphatic heterocycles. The lowest BCUT2D eigenvalue weighted by atomic mass is 10.0. The Morgan fingerprint density at radius 1 is 1.29 bits per heavy atom. The van der Waals surface area contributed by atoms with Crippen LogP contribution in [0.4, 0.5) is 0 Å². The van der Waals surface area contributed by atoms with Crippen molar-refractivity contribution in [2.75, 3.05) is 26.7 Å². The highest BCUT2D eigenvalue weighted by atomic mass is 15.2. The van der Waals surface area contributed by atoms with E-state index in [1.807, 2.05) is 0 Å². The van der Waals surface area contributed by atoms with Gasteiger partial charge in [0.05, 0.1) is 11.7 Å². The van der Waals surface area contributed by atoms with Crippen molar-refractivity contribution in [3.8, 4) is 0 Å². The molecule has 0 aromatic carbocycles. The topological polar surface area (TPSA) is 33.1 Å². The first kappa shape index (κ1) is 11.2. The summed E-state index contributed by atoms with van der Waals surface area (Å²) in [6.07, 6.45) is 3.84. The van der Waals surface area contributed by atoms with E-state index in [0.29, 0.717) is 6.04 Å². The average Bonchev–Trinajstić information content (AvgIpc) is 2.68.